The van der Waals surface area contributed by atoms with Crippen LogP contribution in [0.2, 0.25) is 0 Å². The van der Waals surface area contributed by atoms with Crippen LogP contribution in [-0.4, -0.2) is 21.3 Å². The summed E-state index contributed by atoms with van der Waals surface area (Å²) in [6.07, 6.45) is 6.74. The van der Waals surface area contributed by atoms with Crippen LogP contribution in [0, 0.1) is 5.92 Å². The first-order valence-electron chi connectivity index (χ1n) is 7.19. The molecule has 1 atom stereocenters. The van der Waals surface area contributed by atoms with Gasteiger partial charge in [0.05, 0.1) is 14.2 Å². The molecule has 0 bridgehead atoms. The van der Waals surface area contributed by atoms with Gasteiger partial charge in [-0.15, -0.1) is 0 Å². The largest absolute Gasteiger partial charge is 0.493 e. The van der Waals surface area contributed by atoms with Gasteiger partial charge in [0, 0.05) is 6.04 Å². The zero-order chi connectivity index (χ0) is 13.7. The van der Waals surface area contributed by atoms with Crippen molar-refractivity contribution in [3.8, 4) is 11.5 Å². The van der Waals surface area contributed by atoms with Crippen LogP contribution in [0.1, 0.15) is 43.7 Å². The second-order valence-corrected chi connectivity index (χ2v) is 5.28. The van der Waals surface area contributed by atoms with E-state index in [4.69, 9.17) is 9.47 Å². The average Bonchev–Trinajstić information content (AvgIpc) is 2.49. The second-order valence-electron chi connectivity index (χ2n) is 5.28. The van der Waals surface area contributed by atoms with Crippen molar-refractivity contribution in [2.45, 2.75) is 38.1 Å². The van der Waals surface area contributed by atoms with E-state index in [2.05, 4.69) is 24.5 Å². The highest BCUT2D eigenvalue weighted by molar-refractivity contribution is 5.44. The highest BCUT2D eigenvalue weighted by Gasteiger charge is 2.24. The summed E-state index contributed by atoms with van der Waals surface area (Å²) < 4.78 is 10.7. The fourth-order valence-electron chi connectivity index (χ4n) is 3.19. The van der Waals surface area contributed by atoms with Gasteiger partial charge in [0.1, 0.15) is 0 Å². The Morgan fingerprint density at radius 3 is 2.32 bits per heavy atom. The Labute approximate surface area is 116 Å². The second kappa shape index (κ2) is 6.80. The van der Waals surface area contributed by atoms with Gasteiger partial charge in [0.2, 0.25) is 0 Å². The van der Waals surface area contributed by atoms with Crippen LogP contribution in [0.25, 0.3) is 0 Å². The molecule has 1 fully saturated rings. The molecular weight excluding hydrogens is 238 g/mol. The molecule has 0 amide bonds. The molecule has 1 aliphatic rings. The predicted octanol–water partition coefficient (Wildman–Crippen LogP) is 3.54. The lowest BCUT2D eigenvalue weighted by Crippen LogP contribution is -2.26. The average molecular weight is 263 g/mol. The first kappa shape index (κ1) is 14.2. The van der Waals surface area contributed by atoms with E-state index in [1.807, 2.05) is 6.07 Å². The predicted molar refractivity (Wildman–Crippen MR) is 77.9 cm³/mol. The molecule has 0 spiro atoms. The molecule has 19 heavy (non-hydrogen) atoms. The van der Waals surface area contributed by atoms with Gasteiger partial charge in [-0.05, 0) is 43.5 Å². The fourth-order valence-corrected chi connectivity index (χ4v) is 3.19. The van der Waals surface area contributed by atoms with Gasteiger partial charge in [-0.25, -0.2) is 0 Å². The molecule has 1 saturated carbocycles. The van der Waals surface area contributed by atoms with Gasteiger partial charge < -0.3 is 14.8 Å². The lowest BCUT2D eigenvalue weighted by molar-refractivity contribution is 0.280. The Hall–Kier alpha value is -1.22. The maximum atomic E-state index is 5.41. The van der Waals surface area contributed by atoms with E-state index < -0.39 is 0 Å². The molecule has 1 aromatic carbocycles. The molecule has 106 valence electrons. The number of nitrogens with one attached hydrogen (secondary N) is 1. The van der Waals surface area contributed by atoms with Crippen molar-refractivity contribution in [3.63, 3.8) is 0 Å². The topological polar surface area (TPSA) is 30.5 Å². The minimum atomic E-state index is 0.417. The lowest BCUT2D eigenvalue weighted by Gasteiger charge is -2.30. The Bertz CT molecular complexity index is 400. The molecule has 2 rings (SSSR count). The summed E-state index contributed by atoms with van der Waals surface area (Å²) in [7, 11) is 5.42. The van der Waals surface area contributed by atoms with Crippen molar-refractivity contribution in [2.75, 3.05) is 21.3 Å². The van der Waals surface area contributed by atoms with Crippen LogP contribution < -0.4 is 14.8 Å². The van der Waals surface area contributed by atoms with Gasteiger partial charge in [-0.3, -0.25) is 0 Å². The first-order chi connectivity index (χ1) is 9.30. The number of hydrogen-bond donors (Lipinski definition) is 1. The molecule has 0 aliphatic heterocycles. The number of ether oxygens (including phenoxy) is 2. The number of methoxy groups -OCH3 is 2. The Kier molecular flexibility index (Phi) is 5.08. The summed E-state index contributed by atoms with van der Waals surface area (Å²) in [5.41, 5.74) is 1.30. The molecule has 0 saturated heterocycles. The van der Waals surface area contributed by atoms with E-state index in [-0.39, 0.29) is 0 Å². The molecule has 1 aromatic rings. The Balaban J connectivity index is 2.22. The summed E-state index contributed by atoms with van der Waals surface area (Å²) >= 11 is 0. The van der Waals surface area contributed by atoms with Gasteiger partial charge in [-0.2, -0.15) is 0 Å². The highest BCUT2D eigenvalue weighted by Crippen LogP contribution is 2.37. The third-order valence-electron chi connectivity index (χ3n) is 4.20. The summed E-state index contributed by atoms with van der Waals surface area (Å²) in [5, 5.41) is 3.48. The monoisotopic (exact) mass is 263 g/mol. The van der Waals surface area contributed by atoms with E-state index in [9.17, 15) is 0 Å². The van der Waals surface area contributed by atoms with Crippen LogP contribution in [-0.2, 0) is 0 Å². The molecule has 3 heteroatoms. The van der Waals surface area contributed by atoms with Gasteiger partial charge in [0.25, 0.3) is 0 Å². The van der Waals surface area contributed by atoms with Gasteiger partial charge >= 0.3 is 0 Å². The summed E-state index contributed by atoms with van der Waals surface area (Å²) in [6.45, 7) is 0. The van der Waals surface area contributed by atoms with Crippen molar-refractivity contribution in [2.24, 2.45) is 5.92 Å². The number of benzene rings is 1. The van der Waals surface area contributed by atoms with E-state index in [0.717, 1.165) is 17.4 Å². The van der Waals surface area contributed by atoms with E-state index in [1.165, 1.54) is 37.7 Å². The smallest absolute Gasteiger partial charge is 0.161 e. The van der Waals surface area contributed by atoms with Crippen molar-refractivity contribution in [3.05, 3.63) is 23.8 Å². The number of hydrogen-bond acceptors (Lipinski definition) is 3. The summed E-state index contributed by atoms with van der Waals surface area (Å²) in [6, 6.07) is 6.67. The van der Waals surface area contributed by atoms with Gasteiger partial charge in [0.15, 0.2) is 11.5 Å². The molecule has 1 aliphatic carbocycles. The molecule has 1 N–H and O–H groups in total. The molecule has 0 radical (unpaired) electrons. The van der Waals surface area contributed by atoms with E-state index in [1.54, 1.807) is 14.2 Å². The fraction of sp³-hybridized carbons (Fsp3) is 0.625. The Morgan fingerprint density at radius 2 is 1.74 bits per heavy atom. The maximum Gasteiger partial charge on any atom is 0.161 e. The van der Waals surface area contributed by atoms with Crippen molar-refractivity contribution >= 4 is 0 Å². The molecular formula is C16H25NO2. The van der Waals surface area contributed by atoms with Crippen LogP contribution in [0.4, 0.5) is 0 Å². The highest BCUT2D eigenvalue weighted by atomic mass is 16.5. The normalized spacial score (nSPS) is 18.1. The lowest BCUT2D eigenvalue weighted by atomic mass is 9.81. The SMILES string of the molecule is CNC(c1ccc(OC)c(OC)c1)C1CCCCC1. The van der Waals surface area contributed by atoms with Gasteiger partial charge in [-0.1, -0.05) is 25.3 Å². The van der Waals surface area contributed by atoms with Crippen molar-refractivity contribution < 1.29 is 9.47 Å². The maximum absolute atomic E-state index is 5.41. The third kappa shape index (κ3) is 3.21. The third-order valence-corrected chi connectivity index (χ3v) is 4.20. The van der Waals surface area contributed by atoms with Crippen molar-refractivity contribution in [1.82, 2.24) is 5.32 Å². The zero-order valence-electron chi connectivity index (χ0n) is 12.2. The van der Waals surface area contributed by atoms with Crippen molar-refractivity contribution in [1.29, 1.82) is 0 Å². The quantitative estimate of drug-likeness (QED) is 0.881. The summed E-state index contributed by atoms with van der Waals surface area (Å²) in [5.74, 6) is 2.35. The van der Waals surface area contributed by atoms with Crippen LogP contribution in [0.5, 0.6) is 11.5 Å². The zero-order valence-corrected chi connectivity index (χ0v) is 12.2. The number of rotatable bonds is 5. The van der Waals surface area contributed by atoms with Crippen LogP contribution in [0.3, 0.4) is 0 Å². The van der Waals surface area contributed by atoms with Crippen LogP contribution in [0.15, 0.2) is 18.2 Å². The van der Waals surface area contributed by atoms with Crippen LogP contribution >= 0.6 is 0 Å². The molecule has 3 nitrogen and oxygen atoms in total. The molecule has 0 heterocycles. The Morgan fingerprint density at radius 1 is 1.05 bits per heavy atom. The molecule has 0 aromatic heterocycles. The standard InChI is InChI=1S/C16H25NO2/c1-17-16(12-7-5-4-6-8-12)13-9-10-14(18-2)15(11-13)19-3/h9-12,16-17H,4-8H2,1-3H3. The van der Waals surface area contributed by atoms with E-state index in [0.29, 0.717) is 6.04 Å². The first-order valence-corrected chi connectivity index (χ1v) is 7.19. The molecule has 1 unspecified atom stereocenters. The minimum Gasteiger partial charge on any atom is -0.493 e. The van der Waals surface area contributed by atoms with E-state index >= 15 is 0 Å². The minimum absolute atomic E-state index is 0.417. The summed E-state index contributed by atoms with van der Waals surface area (Å²) in [4.78, 5) is 0.